The van der Waals surface area contributed by atoms with Gasteiger partial charge in [-0.05, 0) is 22.0 Å². The zero-order valence-corrected chi connectivity index (χ0v) is 12.0. The minimum absolute atomic E-state index is 0.0359. The van der Waals surface area contributed by atoms with Crippen molar-refractivity contribution in [2.24, 2.45) is 5.84 Å². The van der Waals surface area contributed by atoms with E-state index in [4.69, 9.17) is 5.84 Å². The molecule has 1 heterocycles. The molecule has 18 heavy (non-hydrogen) atoms. The van der Waals surface area contributed by atoms with Crippen molar-refractivity contribution in [1.29, 1.82) is 0 Å². The predicted octanol–water partition coefficient (Wildman–Crippen LogP) is -0.0959. The van der Waals surface area contributed by atoms with E-state index in [1.807, 2.05) is 0 Å². The Balaban J connectivity index is 2.75. The van der Waals surface area contributed by atoms with Gasteiger partial charge in [-0.2, -0.15) is 0 Å². The van der Waals surface area contributed by atoms with Crippen molar-refractivity contribution in [3.8, 4) is 0 Å². The lowest BCUT2D eigenvalue weighted by Crippen LogP contribution is -2.30. The van der Waals surface area contributed by atoms with Crippen molar-refractivity contribution in [3.05, 3.63) is 22.3 Å². The van der Waals surface area contributed by atoms with Gasteiger partial charge >= 0.3 is 0 Å². The molecule has 1 rings (SSSR count). The molecule has 0 spiro atoms. The Bertz CT molecular complexity index is 547. The highest BCUT2D eigenvalue weighted by molar-refractivity contribution is 9.10. The fourth-order valence-corrected chi connectivity index (χ4v) is 1.98. The van der Waals surface area contributed by atoms with E-state index in [0.717, 1.165) is 6.26 Å². The van der Waals surface area contributed by atoms with E-state index in [0.29, 0.717) is 4.47 Å². The maximum Gasteiger partial charge on any atom is 0.255 e. The number of amides is 1. The van der Waals surface area contributed by atoms with Crippen LogP contribution in [0.3, 0.4) is 0 Å². The van der Waals surface area contributed by atoms with Gasteiger partial charge in [0.15, 0.2) is 5.82 Å². The Kier molecular flexibility index (Phi) is 5.05. The lowest BCUT2D eigenvalue weighted by molar-refractivity contribution is 0.0956. The van der Waals surface area contributed by atoms with Crippen molar-refractivity contribution in [3.63, 3.8) is 0 Å². The number of halogens is 1. The number of aromatic nitrogens is 1. The monoisotopic (exact) mass is 336 g/mol. The number of nitrogens with one attached hydrogen (secondary N) is 2. The first-order valence-corrected chi connectivity index (χ1v) is 7.77. The molecule has 0 saturated heterocycles. The minimum Gasteiger partial charge on any atom is -0.351 e. The summed E-state index contributed by atoms with van der Waals surface area (Å²) in [4.78, 5) is 15.7. The van der Waals surface area contributed by atoms with Crippen LogP contribution in [0.5, 0.6) is 0 Å². The molecular weight excluding hydrogens is 324 g/mol. The third-order valence-corrected chi connectivity index (χ3v) is 3.37. The molecule has 0 fully saturated rings. The molecule has 4 N–H and O–H groups in total. The van der Waals surface area contributed by atoms with E-state index in [-0.39, 0.29) is 23.7 Å². The van der Waals surface area contributed by atoms with Gasteiger partial charge in [0, 0.05) is 23.5 Å². The molecule has 100 valence electrons. The molecule has 1 amide bonds. The number of hydrogen-bond acceptors (Lipinski definition) is 6. The predicted molar refractivity (Wildman–Crippen MR) is 71.8 cm³/mol. The number of nitrogens with zero attached hydrogens (tertiary/aromatic N) is 1. The lowest BCUT2D eigenvalue weighted by atomic mass is 10.2. The number of pyridine rings is 1. The lowest BCUT2D eigenvalue weighted by Gasteiger charge is -2.08. The Morgan fingerprint density at radius 3 is 2.78 bits per heavy atom. The van der Waals surface area contributed by atoms with Gasteiger partial charge in [0.1, 0.15) is 9.84 Å². The second-order valence-electron chi connectivity index (χ2n) is 3.58. The topological polar surface area (TPSA) is 114 Å². The smallest absolute Gasteiger partial charge is 0.255 e. The maximum atomic E-state index is 11.8. The summed E-state index contributed by atoms with van der Waals surface area (Å²) in [7, 11) is -3.11. The normalized spacial score (nSPS) is 11.1. The first kappa shape index (κ1) is 14.9. The van der Waals surface area contributed by atoms with Gasteiger partial charge in [0.25, 0.3) is 5.91 Å². The summed E-state index contributed by atoms with van der Waals surface area (Å²) in [6.07, 6.45) is 2.59. The number of hydrogen-bond donors (Lipinski definition) is 3. The molecule has 0 bridgehead atoms. The number of carbonyl (C=O) groups is 1. The van der Waals surface area contributed by atoms with Crippen LogP contribution in [0, 0.1) is 0 Å². The zero-order chi connectivity index (χ0) is 13.8. The number of nitrogens with two attached hydrogens (primary N) is 1. The standard InChI is InChI=1S/C9H13BrN4O3S/c1-18(16,17)3-2-12-9(15)7-4-6(10)5-13-8(7)14-11/h4-5H,2-3,11H2,1H3,(H,12,15)(H,13,14). The van der Waals surface area contributed by atoms with Gasteiger partial charge in [0.05, 0.1) is 11.3 Å². The van der Waals surface area contributed by atoms with Crippen molar-refractivity contribution < 1.29 is 13.2 Å². The molecule has 0 saturated carbocycles. The molecule has 9 heteroatoms. The van der Waals surface area contributed by atoms with Gasteiger partial charge in [-0.25, -0.2) is 19.2 Å². The number of sulfone groups is 1. The second-order valence-corrected chi connectivity index (χ2v) is 6.76. The molecule has 7 nitrogen and oxygen atoms in total. The summed E-state index contributed by atoms with van der Waals surface area (Å²) < 4.78 is 22.5. The highest BCUT2D eigenvalue weighted by Crippen LogP contribution is 2.16. The number of nitrogen functional groups attached to an aromatic ring is 1. The van der Waals surface area contributed by atoms with E-state index in [1.54, 1.807) is 0 Å². The molecule has 0 radical (unpaired) electrons. The van der Waals surface area contributed by atoms with Gasteiger partial charge in [-0.1, -0.05) is 0 Å². The molecule has 0 aliphatic rings. The van der Waals surface area contributed by atoms with Crippen LogP contribution in [0.1, 0.15) is 10.4 Å². The van der Waals surface area contributed by atoms with Gasteiger partial charge in [0.2, 0.25) is 0 Å². The van der Waals surface area contributed by atoms with Crippen LogP contribution >= 0.6 is 15.9 Å². The largest absolute Gasteiger partial charge is 0.351 e. The average Bonchev–Trinajstić information content (AvgIpc) is 2.27. The van der Waals surface area contributed by atoms with Crippen molar-refractivity contribution >= 4 is 37.5 Å². The minimum atomic E-state index is -3.11. The van der Waals surface area contributed by atoms with E-state index >= 15 is 0 Å². The van der Waals surface area contributed by atoms with Crippen molar-refractivity contribution in [2.75, 3.05) is 24.0 Å². The van der Waals surface area contributed by atoms with E-state index in [2.05, 4.69) is 31.7 Å². The number of anilines is 1. The van der Waals surface area contributed by atoms with Gasteiger partial charge < -0.3 is 10.7 Å². The molecule has 0 unspecified atom stereocenters. The van der Waals surface area contributed by atoms with Crippen LogP contribution in [-0.2, 0) is 9.84 Å². The summed E-state index contributed by atoms with van der Waals surface area (Å²) in [6.45, 7) is 0.0359. The van der Waals surface area contributed by atoms with Crippen molar-refractivity contribution in [2.45, 2.75) is 0 Å². The highest BCUT2D eigenvalue weighted by atomic mass is 79.9. The fraction of sp³-hybridized carbons (Fsp3) is 0.333. The van der Waals surface area contributed by atoms with E-state index < -0.39 is 15.7 Å². The second kappa shape index (κ2) is 6.12. The van der Waals surface area contributed by atoms with Crippen LogP contribution in [0.25, 0.3) is 0 Å². The van der Waals surface area contributed by atoms with Crippen molar-refractivity contribution in [1.82, 2.24) is 10.3 Å². The maximum absolute atomic E-state index is 11.8. The summed E-state index contributed by atoms with van der Waals surface area (Å²) >= 11 is 3.19. The number of carbonyl (C=O) groups excluding carboxylic acids is 1. The molecule has 1 aromatic rings. The molecule has 0 aromatic carbocycles. The quantitative estimate of drug-likeness (QED) is 0.511. The summed E-state index contributed by atoms with van der Waals surface area (Å²) in [5.41, 5.74) is 2.54. The Hall–Kier alpha value is -1.19. The van der Waals surface area contributed by atoms with E-state index in [1.165, 1.54) is 12.3 Å². The molecule has 1 aromatic heterocycles. The Morgan fingerprint density at radius 2 is 2.22 bits per heavy atom. The SMILES string of the molecule is CS(=O)(=O)CCNC(=O)c1cc(Br)cnc1NN. The Morgan fingerprint density at radius 1 is 1.56 bits per heavy atom. The molecule has 0 atom stereocenters. The molecule has 0 aliphatic carbocycles. The highest BCUT2D eigenvalue weighted by Gasteiger charge is 2.13. The van der Waals surface area contributed by atoms with Gasteiger partial charge in [-0.15, -0.1) is 0 Å². The summed E-state index contributed by atoms with van der Waals surface area (Å²) in [6, 6.07) is 1.54. The first-order chi connectivity index (χ1) is 8.33. The fourth-order valence-electron chi connectivity index (χ4n) is 1.17. The average molecular weight is 337 g/mol. The van der Waals surface area contributed by atoms with Crippen LogP contribution in [0.15, 0.2) is 16.7 Å². The number of rotatable bonds is 5. The zero-order valence-electron chi connectivity index (χ0n) is 9.60. The Labute approximate surface area is 113 Å². The molecular formula is C9H13BrN4O3S. The third kappa shape index (κ3) is 4.59. The van der Waals surface area contributed by atoms with Crippen LogP contribution < -0.4 is 16.6 Å². The number of hydrazine groups is 1. The van der Waals surface area contributed by atoms with Gasteiger partial charge in [-0.3, -0.25) is 4.79 Å². The van der Waals surface area contributed by atoms with E-state index in [9.17, 15) is 13.2 Å². The third-order valence-electron chi connectivity index (χ3n) is 1.99. The molecule has 0 aliphatic heterocycles. The summed E-state index contributed by atoms with van der Waals surface area (Å²) in [5, 5.41) is 2.48. The van der Waals surface area contributed by atoms with Crippen LogP contribution in [0.4, 0.5) is 5.82 Å². The first-order valence-electron chi connectivity index (χ1n) is 4.91. The van der Waals surface area contributed by atoms with Crippen LogP contribution in [0.2, 0.25) is 0 Å². The summed E-state index contributed by atoms with van der Waals surface area (Å²) in [5.74, 6) is 4.89. The van der Waals surface area contributed by atoms with Crippen LogP contribution in [-0.4, -0.2) is 37.9 Å².